The molecule has 0 aliphatic carbocycles. The minimum absolute atomic E-state index is 0.0237. The van der Waals surface area contributed by atoms with Gasteiger partial charge in [0.2, 0.25) is 15.7 Å². The Morgan fingerprint density at radius 3 is 2.25 bits per heavy atom. The van der Waals surface area contributed by atoms with Crippen LogP contribution in [-0.2, 0) is 14.6 Å². The first-order valence-electron chi connectivity index (χ1n) is 8.03. The van der Waals surface area contributed by atoms with Crippen molar-refractivity contribution in [2.45, 2.75) is 56.9 Å². The maximum absolute atomic E-state index is 13.2. The maximum atomic E-state index is 13.2. The van der Waals surface area contributed by atoms with Crippen LogP contribution >= 0.6 is 0 Å². The Kier molecular flexibility index (Phi) is 5.18. The molecule has 0 fully saturated rings. The summed E-state index contributed by atoms with van der Waals surface area (Å²) < 4.78 is 28.2. The number of hydrogen-bond acceptors (Lipinski definition) is 3. The molecule has 2 rings (SSSR count). The molecule has 1 N–H and O–H groups in total. The van der Waals surface area contributed by atoms with E-state index in [0.29, 0.717) is 11.4 Å². The second kappa shape index (κ2) is 6.81. The van der Waals surface area contributed by atoms with E-state index < -0.39 is 9.84 Å². The Hall–Kier alpha value is -2.08. The number of aromatic nitrogens is 1. The molecule has 0 bridgehead atoms. The molecule has 1 aromatic carbocycles. The molecule has 24 heavy (non-hydrogen) atoms. The highest BCUT2D eigenvalue weighted by atomic mass is 32.2. The molecule has 0 unspecified atom stereocenters. The van der Waals surface area contributed by atoms with Gasteiger partial charge >= 0.3 is 0 Å². The lowest BCUT2D eigenvalue weighted by atomic mass is 10.3. The minimum atomic E-state index is -3.72. The molecule has 130 valence electrons. The summed E-state index contributed by atoms with van der Waals surface area (Å²) in [4.78, 5) is 12.4. The van der Waals surface area contributed by atoms with Crippen LogP contribution in [0.2, 0.25) is 0 Å². The summed E-state index contributed by atoms with van der Waals surface area (Å²) in [5, 5.41) is 2.79. The largest absolute Gasteiger partial charge is 0.328 e. The predicted molar refractivity (Wildman–Crippen MR) is 95.1 cm³/mol. The highest BCUT2D eigenvalue weighted by molar-refractivity contribution is 7.91. The molecule has 0 radical (unpaired) electrons. The fourth-order valence-corrected chi connectivity index (χ4v) is 4.53. The number of carbonyl (C=O) groups excluding carboxylic acids is 1. The molecular formula is C18H24N2O3S. The number of anilines is 1. The number of nitrogens with zero attached hydrogens (tertiary/aromatic N) is 1. The third kappa shape index (κ3) is 3.11. The van der Waals surface area contributed by atoms with Gasteiger partial charge in [-0.3, -0.25) is 4.79 Å². The van der Waals surface area contributed by atoms with Gasteiger partial charge in [-0.1, -0.05) is 25.1 Å². The second-order valence-corrected chi connectivity index (χ2v) is 7.96. The van der Waals surface area contributed by atoms with Crippen LogP contribution in [0.3, 0.4) is 0 Å². The third-order valence-corrected chi connectivity index (χ3v) is 6.05. The normalized spacial score (nSPS) is 11.8. The highest BCUT2D eigenvalue weighted by Crippen LogP contribution is 2.37. The number of sulfone groups is 1. The lowest BCUT2D eigenvalue weighted by Gasteiger charge is -2.17. The number of rotatable bonds is 5. The number of hydrogen-bond donors (Lipinski definition) is 1. The lowest BCUT2D eigenvalue weighted by molar-refractivity contribution is -0.115. The van der Waals surface area contributed by atoms with E-state index in [4.69, 9.17) is 0 Å². The van der Waals surface area contributed by atoms with Crippen LogP contribution < -0.4 is 5.32 Å². The van der Waals surface area contributed by atoms with Gasteiger partial charge < -0.3 is 9.88 Å². The number of nitrogens with one attached hydrogen (secondary N) is 1. The molecule has 0 saturated heterocycles. The Labute approximate surface area is 143 Å². The molecule has 1 heterocycles. The van der Waals surface area contributed by atoms with Crippen LogP contribution in [0.25, 0.3) is 0 Å². The molecule has 0 spiro atoms. The summed E-state index contributed by atoms with van der Waals surface area (Å²) in [7, 11) is -3.72. The zero-order valence-corrected chi connectivity index (χ0v) is 15.6. The van der Waals surface area contributed by atoms with Crippen LogP contribution in [0.5, 0.6) is 0 Å². The molecule has 2 aromatic rings. The van der Waals surface area contributed by atoms with E-state index in [0.717, 1.165) is 5.69 Å². The monoisotopic (exact) mass is 348 g/mol. The lowest BCUT2D eigenvalue weighted by Crippen LogP contribution is -2.17. The smallest absolute Gasteiger partial charge is 0.225 e. The SMILES string of the molecule is CCC(=O)Nc1c(S(=O)(=O)c2ccccc2)c(C)c(C)n1C(C)C. The van der Waals surface area contributed by atoms with E-state index >= 15 is 0 Å². The summed E-state index contributed by atoms with van der Waals surface area (Å²) in [5.41, 5.74) is 1.50. The van der Waals surface area contributed by atoms with Crippen molar-refractivity contribution < 1.29 is 13.2 Å². The van der Waals surface area contributed by atoms with Crippen molar-refractivity contribution in [3.8, 4) is 0 Å². The Morgan fingerprint density at radius 1 is 1.17 bits per heavy atom. The van der Waals surface area contributed by atoms with E-state index in [2.05, 4.69) is 5.32 Å². The fourth-order valence-electron chi connectivity index (χ4n) is 2.83. The number of amides is 1. The van der Waals surface area contributed by atoms with Crippen LogP contribution in [-0.4, -0.2) is 18.9 Å². The molecule has 1 aromatic heterocycles. The topological polar surface area (TPSA) is 68.2 Å². The van der Waals surface area contributed by atoms with Crippen LogP contribution in [0.15, 0.2) is 40.1 Å². The van der Waals surface area contributed by atoms with Gasteiger partial charge in [0.05, 0.1) is 4.90 Å². The average molecular weight is 348 g/mol. The molecule has 0 atom stereocenters. The average Bonchev–Trinajstić information content (AvgIpc) is 2.79. The van der Waals surface area contributed by atoms with E-state index in [1.165, 1.54) is 0 Å². The van der Waals surface area contributed by atoms with Crippen molar-refractivity contribution in [3.05, 3.63) is 41.6 Å². The Balaban J connectivity index is 2.78. The van der Waals surface area contributed by atoms with Crippen molar-refractivity contribution in [3.63, 3.8) is 0 Å². The maximum Gasteiger partial charge on any atom is 0.225 e. The van der Waals surface area contributed by atoms with Crippen molar-refractivity contribution in [1.82, 2.24) is 4.57 Å². The first kappa shape index (κ1) is 18.3. The quantitative estimate of drug-likeness (QED) is 0.892. The second-order valence-electron chi connectivity index (χ2n) is 6.07. The van der Waals surface area contributed by atoms with Crippen LogP contribution in [0, 0.1) is 13.8 Å². The van der Waals surface area contributed by atoms with Crippen LogP contribution in [0.4, 0.5) is 5.82 Å². The predicted octanol–water partition coefficient (Wildman–Crippen LogP) is 3.87. The summed E-state index contributed by atoms with van der Waals surface area (Å²) >= 11 is 0. The minimum Gasteiger partial charge on any atom is -0.328 e. The van der Waals surface area contributed by atoms with Gasteiger partial charge in [0.1, 0.15) is 10.7 Å². The molecular weight excluding hydrogens is 324 g/mol. The zero-order chi connectivity index (χ0) is 18.1. The molecule has 0 aliphatic rings. The van der Waals surface area contributed by atoms with E-state index in [-0.39, 0.29) is 28.2 Å². The van der Waals surface area contributed by atoms with Crippen molar-refractivity contribution in [2.24, 2.45) is 0 Å². The van der Waals surface area contributed by atoms with Gasteiger partial charge in [-0.15, -0.1) is 0 Å². The van der Waals surface area contributed by atoms with Gasteiger partial charge in [-0.25, -0.2) is 8.42 Å². The van der Waals surface area contributed by atoms with Gasteiger partial charge in [0, 0.05) is 18.2 Å². The van der Waals surface area contributed by atoms with Crippen LogP contribution in [0.1, 0.15) is 44.5 Å². The number of benzene rings is 1. The summed E-state index contributed by atoms with van der Waals surface area (Å²) in [6.45, 7) is 9.33. The van der Waals surface area contributed by atoms with E-state index in [9.17, 15) is 13.2 Å². The van der Waals surface area contributed by atoms with Gasteiger partial charge in [-0.05, 0) is 45.4 Å². The van der Waals surface area contributed by atoms with Crippen molar-refractivity contribution in [2.75, 3.05) is 5.32 Å². The van der Waals surface area contributed by atoms with E-state index in [1.807, 2.05) is 25.3 Å². The van der Waals surface area contributed by atoms with Gasteiger partial charge in [0.15, 0.2) is 0 Å². The Morgan fingerprint density at radius 2 is 1.75 bits per heavy atom. The fraction of sp³-hybridized carbons (Fsp3) is 0.389. The third-order valence-electron chi connectivity index (χ3n) is 4.12. The van der Waals surface area contributed by atoms with Crippen molar-refractivity contribution in [1.29, 1.82) is 0 Å². The molecule has 1 amide bonds. The summed E-state index contributed by atoms with van der Waals surface area (Å²) in [6.07, 6.45) is 0.284. The highest BCUT2D eigenvalue weighted by Gasteiger charge is 2.30. The molecule has 5 nitrogen and oxygen atoms in total. The number of carbonyl (C=O) groups is 1. The molecule has 6 heteroatoms. The standard InChI is InChI=1S/C18H24N2O3S/c1-6-16(21)19-18-17(13(4)14(5)20(18)12(2)3)24(22,23)15-10-8-7-9-11-15/h7-12H,6H2,1-5H3,(H,19,21). The summed E-state index contributed by atoms with van der Waals surface area (Å²) in [5.74, 6) is 0.148. The summed E-state index contributed by atoms with van der Waals surface area (Å²) in [6, 6.07) is 8.33. The van der Waals surface area contributed by atoms with E-state index in [1.54, 1.807) is 44.2 Å². The van der Waals surface area contributed by atoms with Crippen molar-refractivity contribution >= 4 is 21.6 Å². The first-order valence-corrected chi connectivity index (χ1v) is 9.51. The van der Waals surface area contributed by atoms with Gasteiger partial charge in [0.25, 0.3) is 0 Å². The Bertz CT molecular complexity index is 850. The molecule has 0 saturated carbocycles. The first-order chi connectivity index (χ1) is 11.2. The molecule has 0 aliphatic heterocycles. The zero-order valence-electron chi connectivity index (χ0n) is 14.8. The van der Waals surface area contributed by atoms with Gasteiger partial charge in [-0.2, -0.15) is 0 Å².